The summed E-state index contributed by atoms with van der Waals surface area (Å²) in [4.78, 5) is 0. The van der Waals surface area contributed by atoms with Crippen molar-refractivity contribution < 1.29 is 5.11 Å². The molecule has 0 aliphatic rings. The van der Waals surface area contributed by atoms with Crippen LogP contribution in [0.1, 0.15) is 11.1 Å². The molecule has 0 atom stereocenters. The van der Waals surface area contributed by atoms with E-state index < -0.39 is 0 Å². The third kappa shape index (κ3) is 3.25. The van der Waals surface area contributed by atoms with Crippen molar-refractivity contribution in [2.45, 2.75) is 5.75 Å². The maximum Gasteiger partial charge on any atom is 0.0521 e. The third-order valence-corrected chi connectivity index (χ3v) is 2.75. The number of rotatable bonds is 5. The standard InChI is InChI=1S/C11H14OS/c1-2-10-5-3-4-6-11(10)9-13-8-7-12/h2-6,12H,1,7-9H2. The van der Waals surface area contributed by atoms with Crippen LogP contribution in [0.25, 0.3) is 6.08 Å². The van der Waals surface area contributed by atoms with Crippen molar-refractivity contribution in [3.05, 3.63) is 42.0 Å². The van der Waals surface area contributed by atoms with Crippen LogP contribution in [-0.4, -0.2) is 17.5 Å². The Hall–Kier alpha value is -0.730. The highest BCUT2D eigenvalue weighted by molar-refractivity contribution is 7.98. The van der Waals surface area contributed by atoms with Gasteiger partial charge in [-0.2, -0.15) is 11.8 Å². The van der Waals surface area contributed by atoms with Gasteiger partial charge < -0.3 is 5.11 Å². The first kappa shape index (κ1) is 10.4. The molecule has 0 amide bonds. The molecule has 2 heteroatoms. The second-order valence-corrected chi connectivity index (χ2v) is 3.78. The van der Waals surface area contributed by atoms with Gasteiger partial charge in [0.25, 0.3) is 0 Å². The average Bonchev–Trinajstić information content (AvgIpc) is 2.19. The van der Waals surface area contributed by atoms with Crippen LogP contribution in [-0.2, 0) is 5.75 Å². The molecular formula is C11H14OS. The van der Waals surface area contributed by atoms with E-state index in [1.165, 1.54) is 11.1 Å². The molecule has 0 fully saturated rings. The highest BCUT2D eigenvalue weighted by Gasteiger charge is 1.97. The van der Waals surface area contributed by atoms with Gasteiger partial charge in [-0.1, -0.05) is 36.9 Å². The summed E-state index contributed by atoms with van der Waals surface area (Å²) in [5.74, 6) is 1.74. The van der Waals surface area contributed by atoms with E-state index in [2.05, 4.69) is 18.7 Å². The SMILES string of the molecule is C=Cc1ccccc1CSCCO. The normalized spacial score (nSPS) is 9.92. The molecule has 1 rings (SSSR count). The molecule has 0 heterocycles. The van der Waals surface area contributed by atoms with Crippen molar-refractivity contribution in [1.82, 2.24) is 0 Å². The van der Waals surface area contributed by atoms with E-state index >= 15 is 0 Å². The van der Waals surface area contributed by atoms with E-state index in [4.69, 9.17) is 5.11 Å². The van der Waals surface area contributed by atoms with Crippen LogP contribution in [0.4, 0.5) is 0 Å². The lowest BCUT2D eigenvalue weighted by atomic mass is 10.1. The zero-order valence-electron chi connectivity index (χ0n) is 7.57. The van der Waals surface area contributed by atoms with E-state index in [1.54, 1.807) is 11.8 Å². The average molecular weight is 194 g/mol. The van der Waals surface area contributed by atoms with Crippen LogP contribution < -0.4 is 0 Å². The number of benzene rings is 1. The number of aliphatic hydroxyl groups is 1. The summed E-state index contributed by atoms with van der Waals surface area (Å²) in [5, 5.41) is 8.63. The molecular weight excluding hydrogens is 180 g/mol. The highest BCUT2D eigenvalue weighted by Crippen LogP contribution is 2.16. The van der Waals surface area contributed by atoms with Crippen LogP contribution in [0.5, 0.6) is 0 Å². The Bertz CT molecular complexity index is 271. The highest BCUT2D eigenvalue weighted by atomic mass is 32.2. The predicted octanol–water partition coefficient (Wildman–Crippen LogP) is 2.56. The Morgan fingerprint density at radius 3 is 2.85 bits per heavy atom. The Kier molecular flexibility index (Phi) is 4.65. The molecule has 0 aliphatic carbocycles. The van der Waals surface area contributed by atoms with Crippen molar-refractivity contribution >= 4 is 17.8 Å². The molecule has 1 N–H and O–H groups in total. The van der Waals surface area contributed by atoms with Crippen molar-refractivity contribution in [3.63, 3.8) is 0 Å². The van der Waals surface area contributed by atoms with Gasteiger partial charge in [0.15, 0.2) is 0 Å². The minimum Gasteiger partial charge on any atom is -0.396 e. The molecule has 1 nitrogen and oxygen atoms in total. The van der Waals surface area contributed by atoms with Crippen LogP contribution >= 0.6 is 11.8 Å². The first-order chi connectivity index (χ1) is 6.38. The van der Waals surface area contributed by atoms with Gasteiger partial charge in [-0.15, -0.1) is 0 Å². The van der Waals surface area contributed by atoms with Crippen molar-refractivity contribution in [3.8, 4) is 0 Å². The van der Waals surface area contributed by atoms with Crippen molar-refractivity contribution in [1.29, 1.82) is 0 Å². The number of hydrogen-bond donors (Lipinski definition) is 1. The lowest BCUT2D eigenvalue weighted by molar-refractivity contribution is 0.322. The van der Waals surface area contributed by atoms with Gasteiger partial charge in [-0.05, 0) is 11.1 Å². The molecule has 0 bridgehead atoms. The second-order valence-electron chi connectivity index (χ2n) is 2.68. The molecule has 0 radical (unpaired) electrons. The fourth-order valence-corrected chi connectivity index (χ4v) is 1.87. The summed E-state index contributed by atoms with van der Waals surface area (Å²) < 4.78 is 0. The van der Waals surface area contributed by atoms with Crippen LogP contribution in [0, 0.1) is 0 Å². The van der Waals surface area contributed by atoms with Gasteiger partial charge >= 0.3 is 0 Å². The van der Waals surface area contributed by atoms with Crippen molar-refractivity contribution in [2.24, 2.45) is 0 Å². The lowest BCUT2D eigenvalue weighted by Crippen LogP contribution is -1.90. The monoisotopic (exact) mass is 194 g/mol. The molecule has 1 aromatic carbocycles. The van der Waals surface area contributed by atoms with Gasteiger partial charge in [0.1, 0.15) is 0 Å². The molecule has 0 aliphatic heterocycles. The van der Waals surface area contributed by atoms with E-state index in [0.29, 0.717) is 0 Å². The van der Waals surface area contributed by atoms with Gasteiger partial charge in [-0.3, -0.25) is 0 Å². The first-order valence-electron chi connectivity index (χ1n) is 4.27. The minimum atomic E-state index is 0.251. The summed E-state index contributed by atoms with van der Waals surface area (Å²) in [6, 6.07) is 8.20. The summed E-state index contributed by atoms with van der Waals surface area (Å²) in [7, 11) is 0. The molecule has 0 saturated heterocycles. The zero-order valence-corrected chi connectivity index (χ0v) is 8.39. The second kappa shape index (κ2) is 5.84. The molecule has 1 aromatic rings. The van der Waals surface area contributed by atoms with Crippen molar-refractivity contribution in [2.75, 3.05) is 12.4 Å². The number of hydrogen-bond acceptors (Lipinski definition) is 2. The molecule has 0 aromatic heterocycles. The summed E-state index contributed by atoms with van der Waals surface area (Å²) >= 11 is 1.74. The fourth-order valence-electron chi connectivity index (χ4n) is 1.11. The maximum atomic E-state index is 8.63. The smallest absolute Gasteiger partial charge is 0.0521 e. The minimum absolute atomic E-state index is 0.251. The molecule has 0 spiro atoms. The molecule has 70 valence electrons. The van der Waals surface area contributed by atoms with Gasteiger partial charge in [-0.25, -0.2) is 0 Å². The first-order valence-corrected chi connectivity index (χ1v) is 5.43. The Balaban J connectivity index is 2.59. The van der Waals surface area contributed by atoms with E-state index in [-0.39, 0.29) is 6.61 Å². The summed E-state index contributed by atoms with van der Waals surface area (Å²) in [6.07, 6.45) is 1.87. The molecule has 0 saturated carbocycles. The summed E-state index contributed by atoms with van der Waals surface area (Å²) in [6.45, 7) is 4.01. The maximum absolute atomic E-state index is 8.63. The van der Waals surface area contributed by atoms with E-state index in [1.807, 2.05) is 18.2 Å². The Morgan fingerprint density at radius 1 is 1.38 bits per heavy atom. The van der Waals surface area contributed by atoms with Gasteiger partial charge in [0.2, 0.25) is 0 Å². The molecule has 13 heavy (non-hydrogen) atoms. The predicted molar refractivity (Wildman–Crippen MR) is 59.8 cm³/mol. The topological polar surface area (TPSA) is 20.2 Å². The fraction of sp³-hybridized carbons (Fsp3) is 0.273. The van der Waals surface area contributed by atoms with E-state index in [0.717, 1.165) is 11.5 Å². The van der Waals surface area contributed by atoms with Crippen LogP contribution in [0.15, 0.2) is 30.8 Å². The lowest BCUT2D eigenvalue weighted by Gasteiger charge is -2.04. The third-order valence-electron chi connectivity index (χ3n) is 1.77. The Morgan fingerprint density at radius 2 is 2.15 bits per heavy atom. The van der Waals surface area contributed by atoms with Gasteiger partial charge in [0.05, 0.1) is 6.61 Å². The van der Waals surface area contributed by atoms with Gasteiger partial charge in [0, 0.05) is 11.5 Å². The van der Waals surface area contributed by atoms with Crippen LogP contribution in [0.3, 0.4) is 0 Å². The van der Waals surface area contributed by atoms with Crippen LogP contribution in [0.2, 0.25) is 0 Å². The number of thioether (sulfide) groups is 1. The largest absolute Gasteiger partial charge is 0.396 e. The van der Waals surface area contributed by atoms with E-state index in [9.17, 15) is 0 Å². The Labute approximate surface area is 83.5 Å². The number of aliphatic hydroxyl groups excluding tert-OH is 1. The molecule has 0 unspecified atom stereocenters. The zero-order chi connectivity index (χ0) is 9.52. The quantitative estimate of drug-likeness (QED) is 0.727. The summed E-state index contributed by atoms with van der Waals surface area (Å²) in [5.41, 5.74) is 2.48.